The van der Waals surface area contributed by atoms with Crippen molar-refractivity contribution in [2.24, 2.45) is 5.92 Å². The molecule has 2 N–H and O–H groups in total. The first-order valence-corrected chi connectivity index (χ1v) is 12.7. The lowest BCUT2D eigenvalue weighted by Crippen LogP contribution is -2.44. The number of pyridine rings is 1. The number of benzene rings is 2. The van der Waals surface area contributed by atoms with Gasteiger partial charge in [0.05, 0.1) is 17.0 Å². The van der Waals surface area contributed by atoms with Gasteiger partial charge in [-0.15, -0.1) is 0 Å². The fraction of sp³-hybridized carbons (Fsp3) is 0.259. The summed E-state index contributed by atoms with van der Waals surface area (Å²) in [6.07, 6.45) is 3.21. The highest BCUT2D eigenvalue weighted by molar-refractivity contribution is 7.98. The van der Waals surface area contributed by atoms with Crippen LogP contribution in [0.25, 0.3) is 11.0 Å². The molecule has 35 heavy (non-hydrogen) atoms. The number of aryl methyl sites for hydroxylation is 1. The second-order valence-corrected chi connectivity index (χ2v) is 9.72. The molecular weight excluding hydrogens is 458 g/mol. The summed E-state index contributed by atoms with van der Waals surface area (Å²) in [5.74, 6) is 0.828. The molecule has 0 radical (unpaired) electrons. The molecule has 1 saturated heterocycles. The van der Waals surface area contributed by atoms with Crippen LogP contribution in [0.3, 0.4) is 0 Å². The summed E-state index contributed by atoms with van der Waals surface area (Å²) in [5, 5.41) is 3.77. The number of imidazole rings is 1. The Morgan fingerprint density at radius 2 is 1.94 bits per heavy atom. The van der Waals surface area contributed by atoms with E-state index in [0.717, 1.165) is 40.2 Å². The Balaban J connectivity index is 1.26. The Hall–Kier alpha value is -3.65. The van der Waals surface area contributed by atoms with Crippen LogP contribution in [0.15, 0.2) is 72.0 Å². The number of rotatable bonds is 6. The van der Waals surface area contributed by atoms with Gasteiger partial charge in [-0.2, -0.15) is 0 Å². The first-order chi connectivity index (χ1) is 17.1. The van der Waals surface area contributed by atoms with E-state index in [-0.39, 0.29) is 17.7 Å². The third kappa shape index (κ3) is 5.22. The molecule has 2 aromatic carbocycles. The fourth-order valence-corrected chi connectivity index (χ4v) is 5.27. The van der Waals surface area contributed by atoms with Crippen LogP contribution >= 0.6 is 11.8 Å². The molecule has 7 nitrogen and oxygen atoms in total. The number of likely N-dealkylation sites (tertiary alicyclic amines) is 1. The number of para-hydroxylation sites is 2. The number of thioether (sulfide) groups is 1. The lowest BCUT2D eigenvalue weighted by Gasteiger charge is -2.32. The van der Waals surface area contributed by atoms with Gasteiger partial charge in [0.1, 0.15) is 5.82 Å². The lowest BCUT2D eigenvalue weighted by atomic mass is 9.96. The molecule has 0 saturated carbocycles. The minimum Gasteiger partial charge on any atom is -0.338 e. The molecule has 0 bridgehead atoms. The second-order valence-electron chi connectivity index (χ2n) is 8.75. The van der Waals surface area contributed by atoms with Crippen LogP contribution < -0.4 is 5.32 Å². The van der Waals surface area contributed by atoms with E-state index in [1.54, 1.807) is 18.0 Å². The van der Waals surface area contributed by atoms with Crippen molar-refractivity contribution in [2.45, 2.75) is 30.7 Å². The topological polar surface area (TPSA) is 91.0 Å². The number of nitrogens with one attached hydrogen (secondary N) is 2. The Morgan fingerprint density at radius 1 is 1.11 bits per heavy atom. The summed E-state index contributed by atoms with van der Waals surface area (Å²) in [6.45, 7) is 2.97. The summed E-state index contributed by atoms with van der Waals surface area (Å²) in [5.41, 5.74) is 4.48. The highest BCUT2D eigenvalue weighted by Crippen LogP contribution is 2.27. The largest absolute Gasteiger partial charge is 0.338 e. The molecule has 3 heterocycles. The number of H-pyrrole nitrogens is 1. The van der Waals surface area contributed by atoms with Gasteiger partial charge in [0.15, 0.2) is 5.16 Å². The first-order valence-electron chi connectivity index (χ1n) is 11.8. The van der Waals surface area contributed by atoms with E-state index in [9.17, 15) is 9.59 Å². The van der Waals surface area contributed by atoms with Crippen LogP contribution in [0.5, 0.6) is 0 Å². The number of hydrogen-bond donors (Lipinski definition) is 2. The quantitative estimate of drug-likeness (QED) is 0.373. The molecule has 1 fully saturated rings. The zero-order valence-corrected chi connectivity index (χ0v) is 20.3. The van der Waals surface area contributed by atoms with Crippen molar-refractivity contribution in [3.05, 3.63) is 83.6 Å². The molecule has 5 rings (SSSR count). The maximum atomic E-state index is 13.5. The fourth-order valence-electron chi connectivity index (χ4n) is 4.38. The van der Waals surface area contributed by atoms with Gasteiger partial charge >= 0.3 is 0 Å². The third-order valence-corrected chi connectivity index (χ3v) is 7.23. The van der Waals surface area contributed by atoms with Crippen LogP contribution in [0, 0.1) is 12.8 Å². The summed E-state index contributed by atoms with van der Waals surface area (Å²) in [6, 6.07) is 19.4. The van der Waals surface area contributed by atoms with Crippen molar-refractivity contribution in [2.75, 3.05) is 18.4 Å². The number of hydrogen-bond acceptors (Lipinski definition) is 5. The molecule has 1 unspecified atom stereocenters. The van der Waals surface area contributed by atoms with Crippen LogP contribution in [-0.2, 0) is 10.5 Å². The molecule has 0 aliphatic carbocycles. The number of carbonyl (C=O) groups is 2. The normalized spacial score (nSPS) is 15.8. The van der Waals surface area contributed by atoms with Crippen molar-refractivity contribution in [1.29, 1.82) is 0 Å². The van der Waals surface area contributed by atoms with Gasteiger partial charge in [0.2, 0.25) is 5.91 Å². The summed E-state index contributed by atoms with van der Waals surface area (Å²) >= 11 is 1.58. The molecule has 2 aromatic heterocycles. The van der Waals surface area contributed by atoms with Crippen molar-refractivity contribution >= 4 is 40.4 Å². The van der Waals surface area contributed by atoms with E-state index in [1.807, 2.05) is 72.5 Å². The van der Waals surface area contributed by atoms with E-state index >= 15 is 0 Å². The van der Waals surface area contributed by atoms with Gasteiger partial charge in [-0.1, -0.05) is 48.2 Å². The van der Waals surface area contributed by atoms with Gasteiger partial charge < -0.3 is 15.2 Å². The Kier molecular flexibility index (Phi) is 6.81. The Bertz CT molecular complexity index is 1340. The van der Waals surface area contributed by atoms with Gasteiger partial charge in [0, 0.05) is 30.6 Å². The zero-order chi connectivity index (χ0) is 24.2. The number of anilines is 1. The smallest absolute Gasteiger partial charge is 0.254 e. The minimum atomic E-state index is -0.258. The monoisotopic (exact) mass is 485 g/mol. The maximum Gasteiger partial charge on any atom is 0.254 e. The molecule has 0 spiro atoms. The van der Waals surface area contributed by atoms with Crippen LogP contribution in [0.1, 0.15) is 34.3 Å². The number of aromatic amines is 1. The highest BCUT2D eigenvalue weighted by Gasteiger charge is 2.30. The molecule has 8 heteroatoms. The van der Waals surface area contributed by atoms with Crippen LogP contribution in [-0.4, -0.2) is 44.8 Å². The average molecular weight is 486 g/mol. The van der Waals surface area contributed by atoms with Crippen molar-refractivity contribution in [3.63, 3.8) is 0 Å². The number of carbonyl (C=O) groups excluding carboxylic acids is 2. The molecule has 1 aliphatic heterocycles. The highest BCUT2D eigenvalue weighted by atomic mass is 32.2. The van der Waals surface area contributed by atoms with E-state index < -0.39 is 0 Å². The predicted molar refractivity (Wildman–Crippen MR) is 138 cm³/mol. The number of aromatic nitrogens is 3. The minimum absolute atomic E-state index is 0.0303. The number of fused-ring (bicyclic) bond motifs is 1. The molecule has 1 aliphatic rings. The lowest BCUT2D eigenvalue weighted by molar-refractivity contribution is -0.121. The second kappa shape index (κ2) is 10.3. The Labute approximate surface area is 208 Å². The average Bonchev–Trinajstić information content (AvgIpc) is 3.32. The molecule has 4 aromatic rings. The summed E-state index contributed by atoms with van der Waals surface area (Å²) in [7, 11) is 0. The number of amides is 2. The standard InChI is InChI=1S/C27H27N5O2S/c1-18-8-6-14-28-24(18)31-25(33)19-10-7-15-32(16-19)26(34)21-11-3-2-9-20(21)17-35-27-29-22-12-4-5-13-23(22)30-27/h2-6,8-9,11-14,19H,7,10,15-17H2,1H3,(H,29,30)(H,28,31,33). The summed E-state index contributed by atoms with van der Waals surface area (Å²) < 4.78 is 0. The third-order valence-electron chi connectivity index (χ3n) is 6.31. The summed E-state index contributed by atoms with van der Waals surface area (Å²) in [4.78, 5) is 40.4. The van der Waals surface area contributed by atoms with E-state index in [2.05, 4.69) is 20.3 Å². The van der Waals surface area contributed by atoms with E-state index in [0.29, 0.717) is 30.2 Å². The molecule has 178 valence electrons. The van der Waals surface area contributed by atoms with E-state index in [1.165, 1.54) is 0 Å². The van der Waals surface area contributed by atoms with E-state index in [4.69, 9.17) is 0 Å². The first kappa shape index (κ1) is 23.1. The van der Waals surface area contributed by atoms with Crippen molar-refractivity contribution in [1.82, 2.24) is 19.9 Å². The van der Waals surface area contributed by atoms with Gasteiger partial charge in [-0.3, -0.25) is 9.59 Å². The number of piperidine rings is 1. The maximum absolute atomic E-state index is 13.5. The van der Waals surface area contributed by atoms with Gasteiger partial charge in [-0.05, 0) is 55.2 Å². The van der Waals surface area contributed by atoms with Gasteiger partial charge in [-0.25, -0.2) is 9.97 Å². The SMILES string of the molecule is Cc1cccnc1NC(=O)C1CCCN(C(=O)c2ccccc2CSc2nc3ccccc3[nH]2)C1. The molecule has 1 atom stereocenters. The molecule has 2 amide bonds. The molecular formula is C27H27N5O2S. The zero-order valence-electron chi connectivity index (χ0n) is 19.5. The van der Waals surface area contributed by atoms with Crippen molar-refractivity contribution < 1.29 is 9.59 Å². The number of nitrogens with zero attached hydrogens (tertiary/aromatic N) is 3. The van der Waals surface area contributed by atoms with Crippen molar-refractivity contribution in [3.8, 4) is 0 Å². The van der Waals surface area contributed by atoms with Crippen LogP contribution in [0.4, 0.5) is 5.82 Å². The van der Waals surface area contributed by atoms with Crippen LogP contribution in [0.2, 0.25) is 0 Å². The predicted octanol–water partition coefficient (Wildman–Crippen LogP) is 5.05. The Morgan fingerprint density at radius 3 is 2.80 bits per heavy atom. The van der Waals surface area contributed by atoms with Gasteiger partial charge in [0.25, 0.3) is 5.91 Å².